The van der Waals surface area contributed by atoms with Gasteiger partial charge in [0.15, 0.2) is 0 Å². The van der Waals surface area contributed by atoms with Crippen LogP contribution < -0.4 is 8.37 Å². The zero-order valence-electron chi connectivity index (χ0n) is 22.6. The van der Waals surface area contributed by atoms with Gasteiger partial charge < -0.3 is 17.8 Å². The van der Waals surface area contributed by atoms with Crippen molar-refractivity contribution in [2.24, 2.45) is 0 Å². The van der Waals surface area contributed by atoms with Crippen LogP contribution in [0.2, 0.25) is 0 Å². The average molecular weight is 651 g/mol. The summed E-state index contributed by atoms with van der Waals surface area (Å²) in [6, 6.07) is 14.3. The SMILES string of the molecule is C.C=CS(=O)(=O)Oc1ccccc1.CCOC(=O)C(CCS(=O)(=O)Oc1ccccc1)[N+](=O)[O-].CCOC(=O)C[N+](=O)[O-]. The highest BCUT2D eigenvalue weighted by atomic mass is 32.2. The summed E-state index contributed by atoms with van der Waals surface area (Å²) in [6.45, 7) is 5.64. The number of hydrogen-bond donors (Lipinski definition) is 0. The van der Waals surface area contributed by atoms with E-state index in [9.17, 15) is 46.7 Å². The van der Waals surface area contributed by atoms with Gasteiger partial charge in [-0.1, -0.05) is 50.4 Å². The summed E-state index contributed by atoms with van der Waals surface area (Å²) in [5.41, 5.74) is 0. The molecule has 0 bridgehead atoms. The predicted octanol–water partition coefficient (Wildman–Crippen LogP) is 2.99. The fourth-order valence-corrected chi connectivity index (χ4v) is 3.87. The number of benzene rings is 2. The number of nitro groups is 2. The molecule has 0 aliphatic heterocycles. The van der Waals surface area contributed by atoms with Gasteiger partial charge in [0.2, 0.25) is 0 Å². The zero-order valence-corrected chi connectivity index (χ0v) is 24.2. The number of carbonyl (C=O) groups excluding carboxylic acids is 2. The summed E-state index contributed by atoms with van der Waals surface area (Å²) >= 11 is 0. The lowest BCUT2D eigenvalue weighted by molar-refractivity contribution is -0.510. The third kappa shape index (κ3) is 20.0. The number of nitrogens with zero attached hydrogens (tertiary/aromatic N) is 2. The Labute approximate surface area is 249 Å². The zero-order chi connectivity index (χ0) is 32.2. The second-order valence-corrected chi connectivity index (χ2v) is 10.5. The van der Waals surface area contributed by atoms with E-state index in [0.717, 1.165) is 5.41 Å². The fourth-order valence-electron chi connectivity index (χ4n) is 2.42. The first kappa shape index (κ1) is 40.6. The number of rotatable bonds is 14. The molecule has 0 fully saturated rings. The molecule has 0 heterocycles. The van der Waals surface area contributed by atoms with E-state index in [2.05, 4.69) is 20.2 Å². The van der Waals surface area contributed by atoms with Crippen LogP contribution in [-0.2, 0) is 39.3 Å². The predicted molar refractivity (Wildman–Crippen MR) is 154 cm³/mol. The van der Waals surface area contributed by atoms with E-state index in [1.165, 1.54) is 19.1 Å². The summed E-state index contributed by atoms with van der Waals surface area (Å²) in [5.74, 6) is -2.12. The largest absolute Gasteiger partial charge is 0.461 e. The molecule has 2 rings (SSSR count). The Balaban J connectivity index is 0. The first-order valence-corrected chi connectivity index (χ1v) is 14.9. The molecular weight excluding hydrogens is 616 g/mol. The van der Waals surface area contributed by atoms with Crippen LogP contribution in [0.5, 0.6) is 11.5 Å². The van der Waals surface area contributed by atoms with Crippen LogP contribution >= 0.6 is 0 Å². The first-order chi connectivity index (χ1) is 19.7. The molecule has 0 amide bonds. The molecular formula is C25H34N2O14S2. The first-order valence-electron chi connectivity index (χ1n) is 11.8. The Morgan fingerprint density at radius 3 is 1.72 bits per heavy atom. The number of hydrogen-bond acceptors (Lipinski definition) is 14. The van der Waals surface area contributed by atoms with Crippen LogP contribution in [0.15, 0.2) is 72.7 Å². The van der Waals surface area contributed by atoms with E-state index < -0.39 is 66.8 Å². The second-order valence-electron chi connectivity index (χ2n) is 7.35. The molecule has 0 radical (unpaired) electrons. The molecule has 0 N–H and O–H groups in total. The molecule has 240 valence electrons. The standard InChI is InChI=1S/C12H15NO7S.C8H8O3S.C4H7NO4.CH4/c1-2-19-12(14)11(13(15)16)8-9-21(17,18)20-10-6-4-3-5-7-10;1-2-12(9,10)11-8-6-4-3-5-7-8;1-2-9-4(6)3-5(7)8;/h3-7,11H,2,8-9H2,1H3;2-7H,1H2;2-3H2,1H3;1H4. The number of carbonyl (C=O) groups is 2. The Hall–Kier alpha value is -4.58. The highest BCUT2D eigenvalue weighted by Crippen LogP contribution is 2.14. The molecule has 0 spiro atoms. The Kier molecular flexibility index (Phi) is 20.0. The molecule has 18 heteroatoms. The van der Waals surface area contributed by atoms with E-state index in [4.69, 9.17) is 4.18 Å². The molecule has 2 aromatic carbocycles. The third-order valence-electron chi connectivity index (χ3n) is 4.14. The summed E-state index contributed by atoms with van der Waals surface area (Å²) in [5, 5.41) is 21.1. The van der Waals surface area contributed by atoms with Crippen molar-refractivity contribution in [2.45, 2.75) is 33.7 Å². The second kappa shape index (κ2) is 21.2. The lowest BCUT2D eigenvalue weighted by atomic mass is 10.2. The Morgan fingerprint density at radius 1 is 0.860 bits per heavy atom. The maximum Gasteiger partial charge on any atom is 0.381 e. The van der Waals surface area contributed by atoms with Crippen molar-refractivity contribution in [3.8, 4) is 11.5 Å². The minimum atomic E-state index is -4.02. The molecule has 0 saturated heterocycles. The topological polar surface area (TPSA) is 226 Å². The van der Waals surface area contributed by atoms with Crippen LogP contribution in [0, 0.1) is 20.2 Å². The highest BCUT2D eigenvalue weighted by Gasteiger charge is 2.33. The molecule has 1 unspecified atom stereocenters. The van der Waals surface area contributed by atoms with E-state index in [-0.39, 0.29) is 32.1 Å². The van der Waals surface area contributed by atoms with Crippen molar-refractivity contribution >= 4 is 32.2 Å². The van der Waals surface area contributed by atoms with Gasteiger partial charge in [0.25, 0.3) is 6.54 Å². The highest BCUT2D eigenvalue weighted by molar-refractivity contribution is 7.90. The van der Waals surface area contributed by atoms with Gasteiger partial charge in [0, 0.05) is 16.3 Å². The van der Waals surface area contributed by atoms with Crippen LogP contribution in [-0.4, -0.2) is 70.2 Å². The number of esters is 2. The van der Waals surface area contributed by atoms with E-state index in [1.54, 1.807) is 55.5 Å². The van der Waals surface area contributed by atoms with E-state index in [0.29, 0.717) is 0 Å². The van der Waals surface area contributed by atoms with Gasteiger partial charge in [0.05, 0.1) is 24.4 Å². The molecule has 0 saturated carbocycles. The normalized spacial score (nSPS) is 10.8. The summed E-state index contributed by atoms with van der Waals surface area (Å²) in [6.07, 6.45) is -0.513. The molecule has 43 heavy (non-hydrogen) atoms. The van der Waals surface area contributed by atoms with Gasteiger partial charge in [0.1, 0.15) is 11.5 Å². The summed E-state index contributed by atoms with van der Waals surface area (Å²) in [7, 11) is -7.63. The average Bonchev–Trinajstić information content (AvgIpc) is 2.90. The van der Waals surface area contributed by atoms with Gasteiger partial charge in [-0.3, -0.25) is 20.2 Å². The van der Waals surface area contributed by atoms with Crippen molar-refractivity contribution in [3.63, 3.8) is 0 Å². The summed E-state index contributed by atoms with van der Waals surface area (Å²) in [4.78, 5) is 40.3. The number of ether oxygens (including phenoxy) is 2. The smallest absolute Gasteiger partial charge is 0.381 e. The van der Waals surface area contributed by atoms with Gasteiger partial charge in [-0.15, -0.1) is 0 Å². The van der Waals surface area contributed by atoms with Crippen molar-refractivity contribution in [2.75, 3.05) is 25.5 Å². The van der Waals surface area contributed by atoms with Gasteiger partial charge >= 0.3 is 38.2 Å². The molecule has 0 aliphatic carbocycles. The molecule has 0 aromatic heterocycles. The van der Waals surface area contributed by atoms with Crippen molar-refractivity contribution in [3.05, 3.63) is 92.9 Å². The van der Waals surface area contributed by atoms with E-state index in [1.807, 2.05) is 0 Å². The van der Waals surface area contributed by atoms with Crippen LogP contribution in [0.4, 0.5) is 0 Å². The van der Waals surface area contributed by atoms with Gasteiger partial charge in [-0.05, 0) is 38.1 Å². The maximum absolute atomic E-state index is 11.7. The Morgan fingerprint density at radius 2 is 1.33 bits per heavy atom. The quantitative estimate of drug-likeness (QED) is 0.124. The summed E-state index contributed by atoms with van der Waals surface area (Å²) < 4.78 is 63.3. The lowest BCUT2D eigenvalue weighted by Crippen LogP contribution is -2.34. The van der Waals surface area contributed by atoms with E-state index >= 15 is 0 Å². The number of para-hydroxylation sites is 2. The van der Waals surface area contributed by atoms with Crippen molar-refractivity contribution in [1.82, 2.24) is 0 Å². The Bertz CT molecular complexity index is 1370. The van der Waals surface area contributed by atoms with Crippen LogP contribution in [0.25, 0.3) is 0 Å². The van der Waals surface area contributed by atoms with Crippen molar-refractivity contribution < 1.29 is 54.1 Å². The molecule has 2 aromatic rings. The third-order valence-corrected chi connectivity index (χ3v) is 6.16. The fraction of sp³-hybridized carbons (Fsp3) is 0.360. The maximum atomic E-state index is 11.7. The van der Waals surface area contributed by atoms with Gasteiger partial charge in [-0.25, -0.2) is 9.59 Å². The van der Waals surface area contributed by atoms with Gasteiger partial charge in [-0.2, -0.15) is 16.8 Å². The monoisotopic (exact) mass is 650 g/mol. The van der Waals surface area contributed by atoms with Crippen LogP contribution in [0.3, 0.4) is 0 Å². The molecule has 1 atom stereocenters. The molecule has 16 nitrogen and oxygen atoms in total. The minimum Gasteiger partial charge on any atom is -0.461 e. The van der Waals surface area contributed by atoms with Crippen molar-refractivity contribution in [1.29, 1.82) is 0 Å². The molecule has 0 aliphatic rings. The lowest BCUT2D eigenvalue weighted by Gasteiger charge is -2.09. The van der Waals surface area contributed by atoms with Crippen LogP contribution in [0.1, 0.15) is 27.7 Å². The minimum absolute atomic E-state index is 0.